The predicted octanol–water partition coefficient (Wildman–Crippen LogP) is 3.35. The van der Waals surface area contributed by atoms with Crippen LogP contribution >= 0.6 is 15.9 Å². The first-order chi connectivity index (χ1) is 15.4. The molecule has 2 aromatic rings. The fraction of sp³-hybridized carbons (Fsp3) is 0.565. The van der Waals surface area contributed by atoms with Crippen molar-refractivity contribution in [2.75, 3.05) is 19.8 Å². The molecule has 2 aliphatic heterocycles. The predicted molar refractivity (Wildman–Crippen MR) is 118 cm³/mol. The Morgan fingerprint density at radius 2 is 2.12 bits per heavy atom. The average Bonchev–Trinajstić information content (AvgIpc) is 3.45. The molecule has 0 radical (unpaired) electrons. The molecular weight excluding hydrogens is 476 g/mol. The van der Waals surface area contributed by atoms with E-state index in [0.29, 0.717) is 19.8 Å². The van der Waals surface area contributed by atoms with Crippen LogP contribution in [0.1, 0.15) is 55.7 Å². The standard InChI is InChI=1S/C23H29BrN4O4/c1-14(15-8-11-32-12-9-15)28(31,23(29)30)27-10-2-3-20(27)22-25-19-7-4-16-13-17(24)5-6-18(16)21(19)26-22/h5-6,13-15,20,31H,2-4,7-12H2,1H3,(H-,25,26,29,30). The number of carbonyl (C=O) groups is 1. The van der Waals surface area contributed by atoms with Gasteiger partial charge in [0.25, 0.3) is 0 Å². The largest absolute Gasteiger partial charge is 0.494 e. The summed E-state index contributed by atoms with van der Waals surface area (Å²) >= 11 is 3.54. The minimum absolute atomic E-state index is 0.0445. The molecule has 2 saturated heterocycles. The molecule has 0 spiro atoms. The van der Waals surface area contributed by atoms with Gasteiger partial charge in [0.05, 0.1) is 12.2 Å². The number of nitrogens with one attached hydrogen (secondary N) is 1. The molecule has 3 aliphatic rings. The number of ether oxygens (including phenoxy) is 1. The number of hydrogen-bond donors (Lipinski definition) is 2. The number of quaternary nitrogens is 1. The van der Waals surface area contributed by atoms with Crippen LogP contribution in [0.3, 0.4) is 0 Å². The third kappa shape index (κ3) is 3.60. The number of amides is 1. The number of aryl methyl sites for hydroxylation is 2. The lowest BCUT2D eigenvalue weighted by molar-refractivity contribution is -1.16. The van der Waals surface area contributed by atoms with Gasteiger partial charge in [-0.2, -0.15) is 5.21 Å². The number of aromatic amines is 1. The minimum Gasteiger partial charge on any atom is -0.494 e. The molecule has 3 unspecified atom stereocenters. The van der Waals surface area contributed by atoms with Crippen LogP contribution in [0.25, 0.3) is 11.3 Å². The number of rotatable bonds is 4. The van der Waals surface area contributed by atoms with Crippen molar-refractivity contribution in [3.63, 3.8) is 0 Å². The fourth-order valence-electron chi connectivity index (χ4n) is 5.64. The van der Waals surface area contributed by atoms with Crippen molar-refractivity contribution in [2.24, 2.45) is 5.92 Å². The number of halogens is 1. The summed E-state index contributed by atoms with van der Waals surface area (Å²) in [6.07, 6.45) is 3.28. The maximum Gasteiger partial charge on any atom is 0.313 e. The van der Waals surface area contributed by atoms with Gasteiger partial charge in [-0.15, -0.1) is 5.01 Å². The zero-order chi connectivity index (χ0) is 22.5. The third-order valence-electron chi connectivity index (χ3n) is 7.48. The molecule has 9 heteroatoms. The number of carboxylic acid groups (broad SMARTS) is 1. The van der Waals surface area contributed by atoms with E-state index < -0.39 is 16.9 Å². The van der Waals surface area contributed by atoms with Gasteiger partial charge < -0.3 is 19.6 Å². The molecule has 3 heterocycles. The van der Waals surface area contributed by atoms with Gasteiger partial charge >= 0.3 is 6.09 Å². The number of hydrogen-bond acceptors (Lipinski definition) is 6. The Morgan fingerprint density at radius 3 is 2.88 bits per heavy atom. The summed E-state index contributed by atoms with van der Waals surface area (Å²) in [5, 5.41) is 25.6. The Labute approximate surface area is 195 Å². The monoisotopic (exact) mass is 504 g/mol. The van der Waals surface area contributed by atoms with Crippen molar-refractivity contribution in [3.05, 3.63) is 39.8 Å². The molecule has 5 rings (SSSR count). The average molecular weight is 505 g/mol. The quantitative estimate of drug-likeness (QED) is 0.376. The van der Waals surface area contributed by atoms with Gasteiger partial charge in [-0.25, -0.2) is 4.98 Å². The highest BCUT2D eigenvalue weighted by atomic mass is 79.9. The lowest BCUT2D eigenvalue weighted by Gasteiger charge is -2.45. The Morgan fingerprint density at radius 1 is 1.34 bits per heavy atom. The summed E-state index contributed by atoms with van der Waals surface area (Å²) in [6, 6.07) is 5.38. The van der Waals surface area contributed by atoms with Crippen LogP contribution in [0.5, 0.6) is 0 Å². The summed E-state index contributed by atoms with van der Waals surface area (Å²) in [6.45, 7) is 3.46. The van der Waals surface area contributed by atoms with Gasteiger partial charge in [0.15, 0.2) is 0 Å². The highest BCUT2D eigenvalue weighted by molar-refractivity contribution is 9.10. The molecule has 2 fully saturated rings. The first kappa shape index (κ1) is 22.0. The summed E-state index contributed by atoms with van der Waals surface area (Å²) in [7, 11) is 0. The number of aromatic nitrogens is 2. The summed E-state index contributed by atoms with van der Waals surface area (Å²) in [5.74, 6) is 0.767. The van der Waals surface area contributed by atoms with Gasteiger partial charge in [-0.3, -0.25) is 0 Å². The number of benzene rings is 1. The van der Waals surface area contributed by atoms with Crippen LogP contribution in [-0.4, -0.2) is 56.8 Å². The van der Waals surface area contributed by atoms with Gasteiger partial charge in [0.1, 0.15) is 17.9 Å². The van der Waals surface area contributed by atoms with E-state index in [9.17, 15) is 15.1 Å². The molecule has 0 bridgehead atoms. The summed E-state index contributed by atoms with van der Waals surface area (Å²) in [4.78, 5) is 20.8. The molecule has 0 saturated carbocycles. The molecule has 2 N–H and O–H groups in total. The number of fused-ring (bicyclic) bond motifs is 3. The topological polar surface area (TPSA) is 102 Å². The number of nitrogens with zero attached hydrogens (tertiary/aromatic N) is 3. The zero-order valence-electron chi connectivity index (χ0n) is 18.2. The molecule has 8 nitrogen and oxygen atoms in total. The molecule has 1 amide bonds. The Bertz CT molecular complexity index is 1020. The van der Waals surface area contributed by atoms with Crippen molar-refractivity contribution in [3.8, 4) is 11.3 Å². The maximum atomic E-state index is 12.4. The first-order valence-corrected chi connectivity index (χ1v) is 12.2. The maximum absolute atomic E-state index is 12.4. The second-order valence-corrected chi connectivity index (χ2v) is 10.1. The van der Waals surface area contributed by atoms with Crippen LogP contribution in [-0.2, 0) is 17.6 Å². The molecule has 172 valence electrons. The van der Waals surface area contributed by atoms with Crippen molar-refractivity contribution < 1.29 is 24.6 Å². The van der Waals surface area contributed by atoms with Gasteiger partial charge in [0, 0.05) is 34.9 Å². The van der Waals surface area contributed by atoms with E-state index in [4.69, 9.17) is 9.72 Å². The molecule has 1 aromatic heterocycles. The van der Waals surface area contributed by atoms with Crippen LogP contribution in [0, 0.1) is 5.92 Å². The van der Waals surface area contributed by atoms with E-state index in [2.05, 4.69) is 33.0 Å². The lowest BCUT2D eigenvalue weighted by atomic mass is 9.92. The van der Waals surface area contributed by atoms with Crippen LogP contribution in [0.4, 0.5) is 4.79 Å². The Kier molecular flexibility index (Phi) is 5.88. The van der Waals surface area contributed by atoms with Gasteiger partial charge in [0.2, 0.25) is 0 Å². The summed E-state index contributed by atoms with van der Waals surface area (Å²) in [5.41, 5.74) is 4.37. The van der Waals surface area contributed by atoms with E-state index in [-0.39, 0.29) is 12.0 Å². The van der Waals surface area contributed by atoms with Crippen molar-refractivity contribution >= 4 is 22.0 Å². The van der Waals surface area contributed by atoms with Crippen LogP contribution in [0.2, 0.25) is 0 Å². The van der Waals surface area contributed by atoms with E-state index >= 15 is 0 Å². The molecule has 1 aromatic carbocycles. The number of hydroxylamine groups is 2. The molecule has 3 atom stereocenters. The van der Waals surface area contributed by atoms with Crippen molar-refractivity contribution in [1.82, 2.24) is 15.0 Å². The SMILES string of the molecule is CC(C1CCOCC1)[N+](O)(C(=O)[O-])N1CCCC1c1nc2c([nH]1)CCc1cc(Br)ccc1-2. The summed E-state index contributed by atoms with van der Waals surface area (Å²) < 4.78 is 5.29. The Balaban J connectivity index is 1.48. The number of carbonyl (C=O) groups excluding carboxylic acids is 1. The zero-order valence-corrected chi connectivity index (χ0v) is 19.8. The van der Waals surface area contributed by atoms with E-state index in [0.717, 1.165) is 65.8 Å². The molecular formula is C23H29BrN4O4. The van der Waals surface area contributed by atoms with E-state index in [1.807, 2.05) is 13.0 Å². The highest BCUT2D eigenvalue weighted by Gasteiger charge is 2.52. The van der Waals surface area contributed by atoms with Crippen LogP contribution in [0.15, 0.2) is 22.7 Å². The van der Waals surface area contributed by atoms with Crippen molar-refractivity contribution in [1.29, 1.82) is 0 Å². The Hall–Kier alpha value is -1.78. The van der Waals surface area contributed by atoms with E-state index in [1.165, 1.54) is 5.56 Å². The second-order valence-electron chi connectivity index (χ2n) is 9.18. The van der Waals surface area contributed by atoms with E-state index in [1.54, 1.807) is 5.01 Å². The van der Waals surface area contributed by atoms with Gasteiger partial charge in [-0.1, -0.05) is 26.8 Å². The molecule has 32 heavy (non-hydrogen) atoms. The fourth-order valence-corrected chi connectivity index (χ4v) is 6.05. The normalized spacial score (nSPS) is 24.5. The minimum atomic E-state index is -1.48. The highest BCUT2D eigenvalue weighted by Crippen LogP contribution is 2.41. The van der Waals surface area contributed by atoms with Gasteiger partial charge in [-0.05, 0) is 63.1 Å². The number of imidazole rings is 1. The second kappa shape index (κ2) is 8.53. The number of H-pyrrole nitrogens is 1. The van der Waals surface area contributed by atoms with Crippen LogP contribution < -0.4 is 5.11 Å². The first-order valence-electron chi connectivity index (χ1n) is 11.4. The lowest BCUT2D eigenvalue weighted by Crippen LogP contribution is -2.70. The van der Waals surface area contributed by atoms with Crippen molar-refractivity contribution in [2.45, 2.75) is 57.5 Å². The molecule has 1 aliphatic carbocycles. The third-order valence-corrected chi connectivity index (χ3v) is 7.97. The smallest absolute Gasteiger partial charge is 0.313 e.